The van der Waals surface area contributed by atoms with E-state index in [1.807, 2.05) is 0 Å². The molecule has 0 saturated heterocycles. The third kappa shape index (κ3) is 1.94. The molecule has 4 atom stereocenters. The van der Waals surface area contributed by atoms with Crippen LogP contribution in [0.1, 0.15) is 19.3 Å². The summed E-state index contributed by atoms with van der Waals surface area (Å²) in [7, 11) is -4.13. The molecule has 4 rings (SSSR count). The molecule has 0 amide bonds. The molecule has 3 N–H and O–H groups in total. The Morgan fingerprint density at radius 1 is 1.23 bits per heavy atom. The van der Waals surface area contributed by atoms with Crippen LogP contribution in [-0.2, 0) is 10.0 Å². The normalized spacial score (nSPS) is 35.2. The zero-order valence-corrected chi connectivity index (χ0v) is 12.6. The van der Waals surface area contributed by atoms with Gasteiger partial charge in [-0.25, -0.2) is 13.6 Å². The van der Waals surface area contributed by atoms with E-state index in [2.05, 4.69) is 5.32 Å². The van der Waals surface area contributed by atoms with Gasteiger partial charge in [0.1, 0.15) is 5.69 Å². The number of nitrogens with zero attached hydrogens (tertiary/aromatic N) is 1. The molecule has 0 heterocycles. The lowest BCUT2D eigenvalue weighted by Gasteiger charge is -2.13. The number of nitro groups is 1. The van der Waals surface area contributed by atoms with Crippen LogP contribution in [0.2, 0.25) is 0 Å². The Balaban J connectivity index is 1.67. The lowest BCUT2D eigenvalue weighted by atomic mass is 10.0. The van der Waals surface area contributed by atoms with Crippen molar-refractivity contribution in [2.75, 3.05) is 5.32 Å². The van der Waals surface area contributed by atoms with Gasteiger partial charge in [0, 0.05) is 6.04 Å². The maximum absolute atomic E-state index is 11.6. The van der Waals surface area contributed by atoms with Crippen molar-refractivity contribution in [3.8, 4) is 0 Å². The molecule has 0 spiro atoms. The maximum atomic E-state index is 11.6. The summed E-state index contributed by atoms with van der Waals surface area (Å²) in [6.07, 6.45) is 3.79. The molecule has 8 heteroatoms. The van der Waals surface area contributed by atoms with Gasteiger partial charge in [0.15, 0.2) is 4.90 Å². The third-order valence-electron chi connectivity index (χ3n) is 5.55. The fourth-order valence-electron chi connectivity index (χ4n) is 4.75. The summed E-state index contributed by atoms with van der Waals surface area (Å²) in [5.41, 5.74) is -0.183. The van der Waals surface area contributed by atoms with Crippen molar-refractivity contribution in [2.45, 2.75) is 30.2 Å². The minimum absolute atomic E-state index is 0.237. The second-order valence-corrected chi connectivity index (χ2v) is 8.14. The van der Waals surface area contributed by atoms with Gasteiger partial charge in [0.2, 0.25) is 10.0 Å². The third-order valence-corrected chi connectivity index (χ3v) is 6.49. The topological polar surface area (TPSA) is 115 Å². The highest BCUT2D eigenvalue weighted by Crippen LogP contribution is 2.66. The summed E-state index contributed by atoms with van der Waals surface area (Å²) in [6, 6.07) is 4.46. The van der Waals surface area contributed by atoms with Crippen LogP contribution in [0.5, 0.6) is 0 Å². The van der Waals surface area contributed by atoms with E-state index < -0.39 is 25.5 Å². The second kappa shape index (κ2) is 4.42. The number of sulfonamides is 1. The van der Waals surface area contributed by atoms with Crippen molar-refractivity contribution in [3.05, 3.63) is 28.3 Å². The first-order chi connectivity index (χ1) is 10.4. The number of nitro benzene ring substituents is 1. The summed E-state index contributed by atoms with van der Waals surface area (Å²) >= 11 is 0. The number of anilines is 1. The van der Waals surface area contributed by atoms with E-state index in [-0.39, 0.29) is 11.7 Å². The lowest BCUT2D eigenvalue weighted by Crippen LogP contribution is -2.17. The van der Waals surface area contributed by atoms with Crippen molar-refractivity contribution in [2.24, 2.45) is 28.8 Å². The van der Waals surface area contributed by atoms with Gasteiger partial charge in [-0.05, 0) is 55.1 Å². The Kier molecular flexibility index (Phi) is 2.80. The van der Waals surface area contributed by atoms with E-state index in [0.717, 1.165) is 11.8 Å². The van der Waals surface area contributed by atoms with Gasteiger partial charge < -0.3 is 5.32 Å². The fraction of sp³-hybridized carbons (Fsp3) is 0.571. The molecule has 3 aliphatic rings. The van der Waals surface area contributed by atoms with Crippen molar-refractivity contribution in [1.82, 2.24) is 0 Å². The van der Waals surface area contributed by atoms with Gasteiger partial charge >= 0.3 is 5.69 Å². The second-order valence-electron chi connectivity index (χ2n) is 6.61. The van der Waals surface area contributed by atoms with Crippen molar-refractivity contribution < 1.29 is 13.3 Å². The van der Waals surface area contributed by atoms with Crippen LogP contribution in [0.25, 0.3) is 0 Å². The largest absolute Gasteiger partial charge is 0.376 e. The molecular weight excluding hydrogens is 306 g/mol. The fourth-order valence-corrected chi connectivity index (χ4v) is 5.48. The number of benzene rings is 1. The van der Waals surface area contributed by atoms with Crippen molar-refractivity contribution in [3.63, 3.8) is 0 Å². The molecule has 3 fully saturated rings. The monoisotopic (exact) mass is 323 g/mol. The lowest BCUT2D eigenvalue weighted by molar-refractivity contribution is -0.386. The molecule has 0 aromatic heterocycles. The predicted octanol–water partition coefficient (Wildman–Crippen LogP) is 1.70. The number of rotatable bonds is 4. The molecular formula is C14H17N3O4S. The van der Waals surface area contributed by atoms with Gasteiger partial charge in [0.25, 0.3) is 0 Å². The Hall–Kier alpha value is -1.67. The van der Waals surface area contributed by atoms with Crippen molar-refractivity contribution in [1.29, 1.82) is 0 Å². The average Bonchev–Trinajstić information content (AvgIpc) is 2.82. The number of fused-ring (bicyclic) bond motifs is 5. The first-order valence-corrected chi connectivity index (χ1v) is 8.99. The SMILES string of the molecule is NS(=O)(=O)c1cccc(NC2[C@H]3[C@H]4CC[C@@H](C4)[C@H]23)c1[N+](=O)[O-]. The molecule has 0 unspecified atom stereocenters. The van der Waals surface area contributed by atoms with Crippen LogP contribution in [-0.4, -0.2) is 19.4 Å². The average molecular weight is 323 g/mol. The molecule has 1 aromatic rings. The number of primary sulfonamides is 1. The smallest absolute Gasteiger partial charge is 0.312 e. The van der Waals surface area contributed by atoms with E-state index in [4.69, 9.17) is 5.14 Å². The Morgan fingerprint density at radius 2 is 1.86 bits per heavy atom. The molecule has 1 aromatic carbocycles. The van der Waals surface area contributed by atoms with Gasteiger partial charge in [-0.3, -0.25) is 10.1 Å². The van der Waals surface area contributed by atoms with E-state index in [1.165, 1.54) is 31.4 Å². The number of para-hydroxylation sites is 1. The summed E-state index contributed by atoms with van der Waals surface area (Å²) in [5.74, 6) is 2.65. The van der Waals surface area contributed by atoms with Crippen LogP contribution < -0.4 is 10.5 Å². The minimum atomic E-state index is -4.13. The zero-order valence-electron chi connectivity index (χ0n) is 11.8. The van der Waals surface area contributed by atoms with Gasteiger partial charge in [-0.15, -0.1) is 0 Å². The Labute approximate surface area is 128 Å². The molecule has 7 nitrogen and oxygen atoms in total. The predicted molar refractivity (Wildman–Crippen MR) is 79.7 cm³/mol. The Morgan fingerprint density at radius 3 is 2.41 bits per heavy atom. The molecule has 118 valence electrons. The molecule has 2 bridgehead atoms. The quantitative estimate of drug-likeness (QED) is 0.646. The van der Waals surface area contributed by atoms with E-state index in [0.29, 0.717) is 11.8 Å². The van der Waals surface area contributed by atoms with Crippen molar-refractivity contribution >= 4 is 21.4 Å². The van der Waals surface area contributed by atoms with Crippen LogP contribution in [0.15, 0.2) is 23.1 Å². The molecule has 0 radical (unpaired) electrons. The number of nitrogens with one attached hydrogen (secondary N) is 1. The standard InChI is InChI=1S/C14H17N3O4S/c15-22(20,21)10-3-1-2-9(14(10)17(18)19)16-13-11-7-4-5-8(6-7)12(11)13/h1-3,7-8,11-13,16H,4-6H2,(H2,15,20,21)/t7-,8-,11-,12-/m0/s1. The van der Waals surface area contributed by atoms with Crippen LogP contribution in [0.3, 0.4) is 0 Å². The maximum Gasteiger partial charge on any atom is 0.312 e. The van der Waals surface area contributed by atoms with Crippen LogP contribution in [0.4, 0.5) is 11.4 Å². The highest BCUT2D eigenvalue weighted by Gasteiger charge is 2.65. The zero-order chi connectivity index (χ0) is 15.6. The number of hydrogen-bond donors (Lipinski definition) is 2. The summed E-state index contributed by atoms with van der Waals surface area (Å²) in [4.78, 5) is 10.2. The van der Waals surface area contributed by atoms with E-state index in [9.17, 15) is 18.5 Å². The Bertz CT molecular complexity index is 747. The van der Waals surface area contributed by atoms with Crippen LogP contribution in [0, 0.1) is 33.8 Å². The molecule has 22 heavy (non-hydrogen) atoms. The number of nitrogens with two attached hydrogens (primary N) is 1. The van der Waals surface area contributed by atoms with Gasteiger partial charge in [0.05, 0.1) is 4.92 Å². The highest BCUT2D eigenvalue weighted by molar-refractivity contribution is 7.89. The van der Waals surface area contributed by atoms with E-state index in [1.54, 1.807) is 6.07 Å². The summed E-state index contributed by atoms with van der Waals surface area (Å²) in [5, 5.41) is 19.6. The van der Waals surface area contributed by atoms with E-state index >= 15 is 0 Å². The molecule has 0 aliphatic heterocycles. The first-order valence-electron chi connectivity index (χ1n) is 7.44. The molecule has 3 aliphatic carbocycles. The first kappa shape index (κ1) is 14.0. The molecule has 3 saturated carbocycles. The van der Waals surface area contributed by atoms with Gasteiger partial charge in [-0.1, -0.05) is 6.07 Å². The highest BCUT2D eigenvalue weighted by atomic mass is 32.2. The minimum Gasteiger partial charge on any atom is -0.376 e. The van der Waals surface area contributed by atoms with Crippen LogP contribution >= 0.6 is 0 Å². The summed E-state index contributed by atoms with van der Waals surface area (Å²) < 4.78 is 23.1. The summed E-state index contributed by atoms with van der Waals surface area (Å²) in [6.45, 7) is 0. The van der Waals surface area contributed by atoms with Gasteiger partial charge in [-0.2, -0.15) is 0 Å². The number of hydrogen-bond acceptors (Lipinski definition) is 5.